The lowest BCUT2D eigenvalue weighted by molar-refractivity contribution is 0.116. The molecule has 7 heteroatoms. The summed E-state index contributed by atoms with van der Waals surface area (Å²) in [6, 6.07) is 8.64. The number of nitrogens with zero attached hydrogens (tertiary/aromatic N) is 4. The summed E-state index contributed by atoms with van der Waals surface area (Å²) in [5.41, 5.74) is 5.26. The SMILES string of the molecule is CC(C)c1cnc2c(c1)ncn2Cc1ccc2nc(N[C@@H]3CCCC[C@H]3O)sc2c1. The fourth-order valence-corrected chi connectivity index (χ4v) is 5.15. The lowest BCUT2D eigenvalue weighted by atomic mass is 9.93. The average molecular weight is 422 g/mol. The molecule has 0 radical (unpaired) electrons. The molecule has 1 saturated carbocycles. The number of nitrogens with one attached hydrogen (secondary N) is 1. The maximum atomic E-state index is 10.2. The van der Waals surface area contributed by atoms with Gasteiger partial charge in [0.1, 0.15) is 5.52 Å². The Hall–Kier alpha value is -2.51. The second-order valence-electron chi connectivity index (χ2n) is 8.56. The molecule has 0 amide bonds. The molecule has 3 heterocycles. The fourth-order valence-electron chi connectivity index (χ4n) is 4.16. The van der Waals surface area contributed by atoms with Crippen LogP contribution < -0.4 is 5.32 Å². The molecule has 0 saturated heterocycles. The van der Waals surface area contributed by atoms with Crippen molar-refractivity contribution >= 4 is 37.8 Å². The molecule has 0 spiro atoms. The van der Waals surface area contributed by atoms with Crippen LogP contribution in [0.4, 0.5) is 5.13 Å². The Morgan fingerprint density at radius 2 is 2.03 bits per heavy atom. The first kappa shape index (κ1) is 19.5. The number of hydrogen-bond acceptors (Lipinski definition) is 6. The third kappa shape index (κ3) is 3.79. The van der Waals surface area contributed by atoms with Crippen molar-refractivity contribution in [3.63, 3.8) is 0 Å². The van der Waals surface area contributed by atoms with Gasteiger partial charge in [-0.05, 0) is 48.1 Å². The van der Waals surface area contributed by atoms with Gasteiger partial charge in [0, 0.05) is 6.20 Å². The summed E-state index contributed by atoms with van der Waals surface area (Å²) in [7, 11) is 0. The number of thiazole rings is 1. The van der Waals surface area contributed by atoms with Crippen molar-refractivity contribution < 1.29 is 5.11 Å². The van der Waals surface area contributed by atoms with E-state index in [2.05, 4.69) is 58.0 Å². The maximum Gasteiger partial charge on any atom is 0.184 e. The first-order valence-electron chi connectivity index (χ1n) is 10.7. The molecule has 2 atom stereocenters. The molecule has 30 heavy (non-hydrogen) atoms. The molecular weight excluding hydrogens is 394 g/mol. The van der Waals surface area contributed by atoms with E-state index < -0.39 is 0 Å². The van der Waals surface area contributed by atoms with E-state index in [9.17, 15) is 5.11 Å². The molecule has 2 N–H and O–H groups in total. The zero-order valence-corrected chi connectivity index (χ0v) is 18.2. The van der Waals surface area contributed by atoms with E-state index in [0.29, 0.717) is 5.92 Å². The first-order valence-corrected chi connectivity index (χ1v) is 11.5. The summed E-state index contributed by atoms with van der Waals surface area (Å²) in [4.78, 5) is 13.9. The maximum absolute atomic E-state index is 10.2. The van der Waals surface area contributed by atoms with Gasteiger partial charge < -0.3 is 15.0 Å². The van der Waals surface area contributed by atoms with Gasteiger partial charge in [0.05, 0.1) is 35.2 Å². The van der Waals surface area contributed by atoms with Gasteiger partial charge in [0.25, 0.3) is 0 Å². The number of imidazole rings is 1. The molecule has 0 unspecified atom stereocenters. The van der Waals surface area contributed by atoms with Crippen LogP contribution in [0, 0.1) is 0 Å². The highest BCUT2D eigenvalue weighted by Gasteiger charge is 2.23. The van der Waals surface area contributed by atoms with Gasteiger partial charge in [-0.15, -0.1) is 0 Å². The molecule has 4 aromatic rings. The molecule has 1 fully saturated rings. The van der Waals surface area contributed by atoms with E-state index in [0.717, 1.165) is 58.7 Å². The van der Waals surface area contributed by atoms with Crippen LogP contribution in [0.25, 0.3) is 21.4 Å². The van der Waals surface area contributed by atoms with E-state index >= 15 is 0 Å². The van der Waals surface area contributed by atoms with E-state index in [1.54, 1.807) is 11.3 Å². The highest BCUT2D eigenvalue weighted by molar-refractivity contribution is 7.22. The van der Waals surface area contributed by atoms with Crippen LogP contribution >= 0.6 is 11.3 Å². The van der Waals surface area contributed by atoms with E-state index in [1.807, 2.05) is 12.5 Å². The number of anilines is 1. The van der Waals surface area contributed by atoms with Crippen molar-refractivity contribution in [3.05, 3.63) is 47.9 Å². The summed E-state index contributed by atoms with van der Waals surface area (Å²) in [6.45, 7) is 5.06. The lowest BCUT2D eigenvalue weighted by Gasteiger charge is -2.27. The van der Waals surface area contributed by atoms with E-state index in [1.165, 1.54) is 11.1 Å². The van der Waals surface area contributed by atoms with Crippen molar-refractivity contribution in [1.82, 2.24) is 19.5 Å². The highest BCUT2D eigenvalue weighted by atomic mass is 32.1. The van der Waals surface area contributed by atoms with Crippen LogP contribution in [0.15, 0.2) is 36.8 Å². The number of benzene rings is 1. The third-order valence-corrected chi connectivity index (χ3v) is 6.94. The number of fused-ring (bicyclic) bond motifs is 2. The summed E-state index contributed by atoms with van der Waals surface area (Å²) < 4.78 is 3.25. The molecule has 1 aromatic carbocycles. The molecule has 1 aliphatic rings. The minimum absolute atomic E-state index is 0.109. The standard InChI is InChI=1S/C23H27N5OS/c1-14(2)16-10-19-22(24-11-16)28(13-25-19)12-15-7-8-18-21(9-15)30-23(27-18)26-17-5-3-4-6-20(17)29/h7-11,13-14,17,20,29H,3-6,12H2,1-2H3,(H,26,27)/t17-,20-/m1/s1. The molecule has 0 aliphatic heterocycles. The quantitative estimate of drug-likeness (QED) is 0.478. The molecular formula is C23H27N5OS. The number of aliphatic hydroxyl groups excluding tert-OH is 1. The third-order valence-electron chi connectivity index (χ3n) is 5.99. The summed E-state index contributed by atoms with van der Waals surface area (Å²) in [5.74, 6) is 0.443. The van der Waals surface area contributed by atoms with Crippen LogP contribution in [-0.2, 0) is 6.54 Å². The monoisotopic (exact) mass is 421 g/mol. The second-order valence-corrected chi connectivity index (χ2v) is 9.59. The Balaban J connectivity index is 1.37. The van der Waals surface area contributed by atoms with Crippen LogP contribution in [0.5, 0.6) is 0 Å². The predicted molar refractivity (Wildman–Crippen MR) is 122 cm³/mol. The van der Waals surface area contributed by atoms with Crippen LogP contribution in [-0.4, -0.2) is 36.8 Å². The van der Waals surface area contributed by atoms with Crippen molar-refractivity contribution in [3.8, 4) is 0 Å². The van der Waals surface area contributed by atoms with E-state index in [4.69, 9.17) is 4.98 Å². The van der Waals surface area contributed by atoms with Crippen LogP contribution in [0.3, 0.4) is 0 Å². The van der Waals surface area contributed by atoms with Gasteiger partial charge in [0.2, 0.25) is 0 Å². The highest BCUT2D eigenvalue weighted by Crippen LogP contribution is 2.30. The van der Waals surface area contributed by atoms with Gasteiger partial charge in [0.15, 0.2) is 10.8 Å². The average Bonchev–Trinajstić information content (AvgIpc) is 3.32. The van der Waals surface area contributed by atoms with Crippen molar-refractivity contribution in [1.29, 1.82) is 0 Å². The van der Waals surface area contributed by atoms with Crippen LogP contribution in [0.1, 0.15) is 56.6 Å². The van der Waals surface area contributed by atoms with Gasteiger partial charge >= 0.3 is 0 Å². The number of aromatic nitrogens is 4. The zero-order valence-electron chi connectivity index (χ0n) is 17.4. The second kappa shape index (κ2) is 7.96. The number of hydrogen-bond donors (Lipinski definition) is 2. The minimum atomic E-state index is -0.278. The predicted octanol–water partition coefficient (Wildman–Crippen LogP) is 4.93. The number of pyridine rings is 1. The topological polar surface area (TPSA) is 75.9 Å². The number of rotatable bonds is 5. The first-order chi connectivity index (χ1) is 14.6. The largest absolute Gasteiger partial charge is 0.391 e. The molecule has 0 bridgehead atoms. The van der Waals surface area contributed by atoms with Crippen LogP contribution in [0.2, 0.25) is 0 Å². The van der Waals surface area contributed by atoms with Crippen molar-refractivity contribution in [2.75, 3.05) is 5.32 Å². The summed E-state index contributed by atoms with van der Waals surface area (Å²) in [5, 5.41) is 14.6. The Morgan fingerprint density at radius 3 is 2.87 bits per heavy atom. The summed E-state index contributed by atoms with van der Waals surface area (Å²) in [6.07, 6.45) is 7.69. The van der Waals surface area contributed by atoms with Gasteiger partial charge in [-0.1, -0.05) is 44.1 Å². The van der Waals surface area contributed by atoms with E-state index in [-0.39, 0.29) is 12.1 Å². The Bertz CT molecular complexity index is 1180. The Morgan fingerprint density at radius 1 is 1.17 bits per heavy atom. The molecule has 3 aromatic heterocycles. The smallest absolute Gasteiger partial charge is 0.184 e. The number of aliphatic hydroxyl groups is 1. The Kier molecular flexibility index (Phi) is 5.16. The van der Waals surface area contributed by atoms with Gasteiger partial charge in [-0.2, -0.15) is 0 Å². The van der Waals surface area contributed by atoms with Gasteiger partial charge in [-0.3, -0.25) is 0 Å². The molecule has 6 nitrogen and oxygen atoms in total. The minimum Gasteiger partial charge on any atom is -0.391 e. The Labute approximate surface area is 180 Å². The molecule has 1 aliphatic carbocycles. The normalized spacial score (nSPS) is 19.7. The summed E-state index contributed by atoms with van der Waals surface area (Å²) >= 11 is 1.65. The van der Waals surface area contributed by atoms with Gasteiger partial charge in [-0.25, -0.2) is 15.0 Å². The fraction of sp³-hybridized carbons (Fsp3) is 0.435. The molecule has 156 valence electrons. The van der Waals surface area contributed by atoms with Crippen molar-refractivity contribution in [2.24, 2.45) is 0 Å². The van der Waals surface area contributed by atoms with Crippen molar-refractivity contribution in [2.45, 2.75) is 64.1 Å². The zero-order chi connectivity index (χ0) is 20.7. The lowest BCUT2D eigenvalue weighted by Crippen LogP contribution is -2.36. The molecule has 5 rings (SSSR count).